The molecule has 2 rings (SSSR count). The highest BCUT2D eigenvalue weighted by molar-refractivity contribution is 7.86. The van der Waals surface area contributed by atoms with E-state index in [0.29, 0.717) is 30.2 Å². The number of carbonyl (C=O) groups is 1. The summed E-state index contributed by atoms with van der Waals surface area (Å²) in [7, 11) is 0.737. The molecule has 0 aromatic heterocycles. The fourth-order valence-corrected chi connectivity index (χ4v) is 3.12. The second-order valence-electron chi connectivity index (χ2n) is 6.32. The number of urea groups is 1. The third-order valence-corrected chi connectivity index (χ3v) is 4.53. The normalized spacial score (nSPS) is 10.9. The molecule has 0 unspecified atom stereocenters. The Balaban J connectivity index is 2.25. The van der Waals surface area contributed by atoms with E-state index in [0.717, 1.165) is 6.26 Å². The molecule has 10 heteroatoms. The summed E-state index contributed by atoms with van der Waals surface area (Å²) in [6.07, 6.45) is 0.949. The van der Waals surface area contributed by atoms with Gasteiger partial charge in [0.2, 0.25) is 0 Å². The first-order chi connectivity index (χ1) is 14.3. The number of nitrogens with one attached hydrogen (secondary N) is 1. The van der Waals surface area contributed by atoms with Gasteiger partial charge in [-0.3, -0.25) is 0 Å². The first kappa shape index (κ1) is 23.3. The van der Waals surface area contributed by atoms with E-state index in [1.807, 2.05) is 0 Å². The lowest BCUT2D eigenvalue weighted by Gasteiger charge is -2.24. The Morgan fingerprint density at radius 2 is 1.70 bits per heavy atom. The van der Waals surface area contributed by atoms with E-state index in [-0.39, 0.29) is 24.1 Å². The van der Waals surface area contributed by atoms with Gasteiger partial charge < -0.3 is 28.6 Å². The molecule has 2 amide bonds. The highest BCUT2D eigenvalue weighted by Gasteiger charge is 2.18. The van der Waals surface area contributed by atoms with E-state index >= 15 is 0 Å². The highest BCUT2D eigenvalue weighted by Crippen LogP contribution is 2.30. The second kappa shape index (κ2) is 10.7. The molecule has 0 atom stereocenters. The van der Waals surface area contributed by atoms with Crippen molar-refractivity contribution < 1.29 is 31.6 Å². The van der Waals surface area contributed by atoms with Crippen LogP contribution in [0.2, 0.25) is 0 Å². The quantitative estimate of drug-likeness (QED) is 0.569. The van der Waals surface area contributed by atoms with Crippen molar-refractivity contribution in [1.29, 1.82) is 0 Å². The summed E-state index contributed by atoms with van der Waals surface area (Å²) in [6, 6.07) is 11.5. The lowest BCUT2D eigenvalue weighted by atomic mass is 10.2. The number of amides is 2. The van der Waals surface area contributed by atoms with Crippen molar-refractivity contribution in [1.82, 2.24) is 4.90 Å². The van der Waals surface area contributed by atoms with Crippen molar-refractivity contribution >= 4 is 21.8 Å². The summed E-state index contributed by atoms with van der Waals surface area (Å²) in [5, 5.41) is 2.82. The molecule has 0 saturated carbocycles. The first-order valence-electron chi connectivity index (χ1n) is 9.01. The van der Waals surface area contributed by atoms with E-state index < -0.39 is 10.1 Å². The van der Waals surface area contributed by atoms with Crippen LogP contribution < -0.4 is 19.0 Å². The maximum atomic E-state index is 12.9. The molecule has 2 aromatic rings. The topological polar surface area (TPSA) is 103 Å². The van der Waals surface area contributed by atoms with Crippen LogP contribution in [-0.4, -0.2) is 60.1 Å². The van der Waals surface area contributed by atoms with Crippen molar-refractivity contribution in [2.45, 2.75) is 6.54 Å². The van der Waals surface area contributed by atoms with Crippen molar-refractivity contribution in [2.75, 3.05) is 46.1 Å². The Morgan fingerprint density at radius 3 is 2.33 bits per heavy atom. The maximum absolute atomic E-state index is 12.9. The van der Waals surface area contributed by atoms with Gasteiger partial charge >= 0.3 is 16.1 Å². The number of carbonyl (C=O) groups excluding carboxylic acids is 1. The van der Waals surface area contributed by atoms with Crippen LogP contribution >= 0.6 is 0 Å². The first-order valence-corrected chi connectivity index (χ1v) is 10.8. The molecular formula is C20H26N2O7S. The number of para-hydroxylation sites is 2. The van der Waals surface area contributed by atoms with Gasteiger partial charge in [0.05, 0.1) is 32.8 Å². The second-order valence-corrected chi connectivity index (χ2v) is 7.89. The number of methoxy groups -OCH3 is 3. The Morgan fingerprint density at radius 1 is 1.00 bits per heavy atom. The van der Waals surface area contributed by atoms with E-state index in [2.05, 4.69) is 5.32 Å². The lowest BCUT2D eigenvalue weighted by molar-refractivity contribution is 0.152. The van der Waals surface area contributed by atoms with Gasteiger partial charge in [-0.05, 0) is 29.8 Å². The standard InChI is InChI=1S/C20H26N2O7S/c1-26-12-11-22(20(23)21-16-7-5-6-8-17(16)27-2)14-15-9-10-18(28-3)19(13-15)29-30(4,24)25/h5-10,13H,11-12,14H2,1-4H3,(H,21,23). The molecule has 0 fully saturated rings. The van der Waals surface area contributed by atoms with Crippen LogP contribution in [0.5, 0.6) is 17.2 Å². The van der Waals surface area contributed by atoms with Gasteiger partial charge in [-0.2, -0.15) is 8.42 Å². The number of ether oxygens (including phenoxy) is 3. The zero-order valence-corrected chi connectivity index (χ0v) is 18.2. The molecule has 0 heterocycles. The molecule has 0 bridgehead atoms. The van der Waals surface area contributed by atoms with Gasteiger partial charge in [-0.15, -0.1) is 0 Å². The minimum absolute atomic E-state index is 0.0503. The molecule has 0 radical (unpaired) electrons. The fourth-order valence-electron chi connectivity index (χ4n) is 2.66. The number of rotatable bonds is 10. The Kier molecular flexibility index (Phi) is 8.31. The van der Waals surface area contributed by atoms with Crippen molar-refractivity contribution in [3.05, 3.63) is 48.0 Å². The minimum atomic E-state index is -3.74. The van der Waals surface area contributed by atoms with Crippen LogP contribution in [-0.2, 0) is 21.4 Å². The fraction of sp³-hybridized carbons (Fsp3) is 0.350. The summed E-state index contributed by atoms with van der Waals surface area (Å²) < 4.78 is 43.6. The summed E-state index contributed by atoms with van der Waals surface area (Å²) in [6.45, 7) is 0.822. The monoisotopic (exact) mass is 438 g/mol. The van der Waals surface area contributed by atoms with Gasteiger partial charge in [-0.1, -0.05) is 18.2 Å². The summed E-state index contributed by atoms with van der Waals surface area (Å²) >= 11 is 0. The molecule has 0 saturated heterocycles. The largest absolute Gasteiger partial charge is 0.495 e. The van der Waals surface area contributed by atoms with Gasteiger partial charge in [0.1, 0.15) is 5.75 Å². The van der Waals surface area contributed by atoms with Crippen LogP contribution in [0.15, 0.2) is 42.5 Å². The molecular weight excluding hydrogens is 412 g/mol. The third kappa shape index (κ3) is 6.82. The SMILES string of the molecule is COCCN(Cc1ccc(OC)c(OS(C)(=O)=O)c1)C(=O)Nc1ccccc1OC. The zero-order valence-electron chi connectivity index (χ0n) is 17.4. The van der Waals surface area contributed by atoms with Crippen LogP contribution in [0.4, 0.5) is 10.5 Å². The minimum Gasteiger partial charge on any atom is -0.495 e. The molecule has 0 aliphatic rings. The summed E-state index contributed by atoms with van der Waals surface area (Å²) in [5.74, 6) is 0.853. The molecule has 30 heavy (non-hydrogen) atoms. The van der Waals surface area contributed by atoms with E-state index in [1.54, 1.807) is 43.5 Å². The predicted molar refractivity (Wildman–Crippen MR) is 113 cm³/mol. The van der Waals surface area contributed by atoms with Gasteiger partial charge in [0, 0.05) is 20.2 Å². The van der Waals surface area contributed by atoms with E-state index in [4.69, 9.17) is 18.4 Å². The van der Waals surface area contributed by atoms with E-state index in [1.165, 1.54) is 25.2 Å². The molecule has 9 nitrogen and oxygen atoms in total. The van der Waals surface area contributed by atoms with E-state index in [9.17, 15) is 13.2 Å². The van der Waals surface area contributed by atoms with Gasteiger partial charge in [0.15, 0.2) is 11.5 Å². The predicted octanol–water partition coefficient (Wildman–Crippen LogP) is 2.72. The number of hydrogen-bond donors (Lipinski definition) is 1. The summed E-state index contributed by atoms with van der Waals surface area (Å²) in [4.78, 5) is 14.4. The molecule has 164 valence electrons. The number of benzene rings is 2. The van der Waals surface area contributed by atoms with Crippen LogP contribution in [0, 0.1) is 0 Å². The molecule has 1 N–H and O–H groups in total. The molecule has 0 aliphatic heterocycles. The number of anilines is 1. The lowest BCUT2D eigenvalue weighted by Crippen LogP contribution is -2.37. The van der Waals surface area contributed by atoms with Gasteiger partial charge in [-0.25, -0.2) is 4.79 Å². The number of nitrogens with zero attached hydrogens (tertiary/aromatic N) is 1. The Bertz CT molecular complexity index is 963. The average molecular weight is 439 g/mol. The molecule has 2 aromatic carbocycles. The molecule has 0 spiro atoms. The maximum Gasteiger partial charge on any atom is 0.322 e. The Labute approximate surface area is 176 Å². The summed E-state index contributed by atoms with van der Waals surface area (Å²) in [5.41, 5.74) is 1.18. The molecule has 0 aliphatic carbocycles. The van der Waals surface area contributed by atoms with Crippen LogP contribution in [0.3, 0.4) is 0 Å². The number of hydrogen-bond acceptors (Lipinski definition) is 7. The van der Waals surface area contributed by atoms with Gasteiger partial charge in [0.25, 0.3) is 0 Å². The van der Waals surface area contributed by atoms with Crippen molar-refractivity contribution in [3.8, 4) is 17.2 Å². The zero-order chi connectivity index (χ0) is 22.1. The van der Waals surface area contributed by atoms with Crippen LogP contribution in [0.25, 0.3) is 0 Å². The van der Waals surface area contributed by atoms with Crippen molar-refractivity contribution in [2.24, 2.45) is 0 Å². The highest BCUT2D eigenvalue weighted by atomic mass is 32.2. The smallest absolute Gasteiger partial charge is 0.322 e. The third-order valence-electron chi connectivity index (χ3n) is 4.04. The Hall–Kier alpha value is -2.98. The van der Waals surface area contributed by atoms with Crippen LogP contribution in [0.1, 0.15) is 5.56 Å². The van der Waals surface area contributed by atoms with Crippen molar-refractivity contribution in [3.63, 3.8) is 0 Å². The average Bonchev–Trinajstić information content (AvgIpc) is 2.70.